The van der Waals surface area contributed by atoms with Crippen LogP contribution in [0.4, 0.5) is 18.9 Å². The van der Waals surface area contributed by atoms with Gasteiger partial charge in [0, 0.05) is 10.6 Å². The number of anilines is 1. The number of nitrogens with one attached hydrogen (secondary N) is 2. The van der Waals surface area contributed by atoms with E-state index in [1.54, 1.807) is 31.3 Å². The Bertz CT molecular complexity index is 995. The highest BCUT2D eigenvalue weighted by Crippen LogP contribution is 2.20. The van der Waals surface area contributed by atoms with Crippen LogP contribution in [-0.2, 0) is 11.3 Å². The van der Waals surface area contributed by atoms with E-state index in [1.807, 2.05) is 0 Å². The van der Waals surface area contributed by atoms with Gasteiger partial charge in [-0.25, -0.2) is 13.2 Å². The highest BCUT2D eigenvalue weighted by molar-refractivity contribution is 6.30. The molecule has 0 aliphatic heterocycles. The molecule has 0 aliphatic rings. The average Bonchev–Trinajstić information content (AvgIpc) is 3.11. The molecule has 1 aromatic heterocycles. The van der Waals surface area contributed by atoms with E-state index in [1.165, 1.54) is 0 Å². The molecule has 6 nitrogen and oxygen atoms in total. The van der Waals surface area contributed by atoms with Gasteiger partial charge in [-0.2, -0.15) is 0 Å². The van der Waals surface area contributed by atoms with Gasteiger partial charge in [-0.1, -0.05) is 11.6 Å². The minimum Gasteiger partial charge on any atom is -0.415 e. The SMILES string of the molecule is C[NH+](CC(=O)Nc1ccc(F)c(F)c1F)Cc1nnc(-c2ccc(Cl)cc2)o1. The van der Waals surface area contributed by atoms with Crippen LogP contribution in [0.15, 0.2) is 40.8 Å². The Hall–Kier alpha value is -2.91. The van der Waals surface area contributed by atoms with Crippen LogP contribution in [-0.4, -0.2) is 29.7 Å². The summed E-state index contributed by atoms with van der Waals surface area (Å²) in [7, 11) is 1.69. The van der Waals surface area contributed by atoms with Crippen LogP contribution in [0.5, 0.6) is 0 Å². The zero-order valence-electron chi connectivity index (χ0n) is 14.6. The molecule has 1 heterocycles. The van der Waals surface area contributed by atoms with Gasteiger partial charge in [0.1, 0.15) is 0 Å². The van der Waals surface area contributed by atoms with Gasteiger partial charge in [0.25, 0.3) is 11.8 Å². The molecule has 146 valence electrons. The first-order chi connectivity index (χ1) is 13.3. The van der Waals surface area contributed by atoms with Gasteiger partial charge >= 0.3 is 0 Å². The summed E-state index contributed by atoms with van der Waals surface area (Å²) in [5.41, 5.74) is 0.270. The van der Waals surface area contributed by atoms with E-state index in [9.17, 15) is 18.0 Å². The van der Waals surface area contributed by atoms with E-state index < -0.39 is 29.0 Å². The second-order valence-corrected chi connectivity index (χ2v) is 6.53. The predicted molar refractivity (Wildman–Crippen MR) is 95.1 cm³/mol. The van der Waals surface area contributed by atoms with Gasteiger partial charge < -0.3 is 14.6 Å². The number of nitrogens with zero attached hydrogens (tertiary/aromatic N) is 2. The summed E-state index contributed by atoms with van der Waals surface area (Å²) < 4.78 is 45.3. The maximum Gasteiger partial charge on any atom is 0.279 e. The number of aromatic nitrogens is 2. The Balaban J connectivity index is 1.58. The fourth-order valence-corrected chi connectivity index (χ4v) is 2.57. The smallest absolute Gasteiger partial charge is 0.279 e. The van der Waals surface area contributed by atoms with Crippen LogP contribution in [0, 0.1) is 17.5 Å². The molecule has 0 radical (unpaired) electrons. The number of hydrogen-bond donors (Lipinski definition) is 2. The minimum atomic E-state index is -1.64. The van der Waals surface area contributed by atoms with E-state index in [4.69, 9.17) is 16.0 Å². The Morgan fingerprint density at radius 1 is 1.11 bits per heavy atom. The molecule has 0 aliphatic carbocycles. The van der Waals surface area contributed by atoms with Crippen LogP contribution < -0.4 is 10.2 Å². The number of halogens is 4. The van der Waals surface area contributed by atoms with Crippen molar-refractivity contribution in [1.29, 1.82) is 0 Å². The third-order valence-corrected chi connectivity index (χ3v) is 4.03. The van der Waals surface area contributed by atoms with Crippen molar-refractivity contribution in [2.75, 3.05) is 18.9 Å². The molecule has 2 N–H and O–H groups in total. The van der Waals surface area contributed by atoms with Crippen LogP contribution in [0.1, 0.15) is 5.89 Å². The number of amides is 1. The van der Waals surface area contributed by atoms with Crippen molar-refractivity contribution >= 4 is 23.2 Å². The molecular weight excluding hydrogens is 397 g/mol. The highest BCUT2D eigenvalue weighted by Gasteiger charge is 2.19. The van der Waals surface area contributed by atoms with Crippen LogP contribution >= 0.6 is 11.6 Å². The molecule has 0 spiro atoms. The first-order valence-corrected chi connectivity index (χ1v) is 8.54. The maximum absolute atomic E-state index is 13.6. The van der Waals surface area contributed by atoms with E-state index >= 15 is 0 Å². The third kappa shape index (κ3) is 4.68. The lowest BCUT2D eigenvalue weighted by Gasteiger charge is -2.12. The van der Waals surface area contributed by atoms with Crippen molar-refractivity contribution in [3.05, 3.63) is 64.8 Å². The lowest BCUT2D eigenvalue weighted by molar-refractivity contribution is -0.886. The van der Waals surface area contributed by atoms with Gasteiger partial charge in [-0.15, -0.1) is 10.2 Å². The number of carbonyl (C=O) groups excluding carboxylic acids is 1. The Morgan fingerprint density at radius 3 is 2.54 bits per heavy atom. The van der Waals surface area contributed by atoms with Gasteiger partial charge in [0.05, 0.1) is 12.7 Å². The molecule has 2 aromatic carbocycles. The Kier molecular flexibility index (Phi) is 5.96. The Morgan fingerprint density at radius 2 is 1.82 bits per heavy atom. The number of hydrogen-bond acceptors (Lipinski definition) is 4. The lowest BCUT2D eigenvalue weighted by atomic mass is 10.2. The fraction of sp³-hybridized carbons (Fsp3) is 0.167. The fourth-order valence-electron chi connectivity index (χ4n) is 2.45. The Labute approximate surface area is 162 Å². The second-order valence-electron chi connectivity index (χ2n) is 6.09. The molecular formula is C18H15ClF3N4O2+. The number of quaternary nitrogens is 1. The summed E-state index contributed by atoms with van der Waals surface area (Å²) in [4.78, 5) is 12.7. The molecule has 3 aromatic rings. The van der Waals surface area contributed by atoms with Gasteiger partial charge in [-0.3, -0.25) is 4.79 Å². The molecule has 1 atom stereocenters. The topological polar surface area (TPSA) is 72.5 Å². The van der Waals surface area contributed by atoms with E-state index in [-0.39, 0.29) is 13.1 Å². The van der Waals surface area contributed by atoms with Crippen LogP contribution in [0.2, 0.25) is 5.02 Å². The standard InChI is InChI=1S/C18H14ClF3N4O2/c1-26(8-14(27)23-13-7-6-12(20)16(21)17(13)22)9-15-24-25-18(28-15)10-2-4-11(19)5-3-10/h2-7H,8-9H2,1H3,(H,23,27)/p+1. The lowest BCUT2D eigenvalue weighted by Crippen LogP contribution is -3.08. The van der Waals surface area contributed by atoms with Crippen molar-refractivity contribution in [3.63, 3.8) is 0 Å². The molecule has 1 amide bonds. The van der Waals surface area contributed by atoms with E-state index in [0.29, 0.717) is 27.3 Å². The predicted octanol–water partition coefficient (Wildman–Crippen LogP) is 2.46. The van der Waals surface area contributed by atoms with Crippen molar-refractivity contribution in [3.8, 4) is 11.5 Å². The molecule has 3 rings (SSSR count). The van der Waals surface area contributed by atoms with E-state index in [0.717, 1.165) is 12.1 Å². The molecule has 0 saturated heterocycles. The van der Waals surface area contributed by atoms with Crippen molar-refractivity contribution in [2.24, 2.45) is 0 Å². The first-order valence-electron chi connectivity index (χ1n) is 8.16. The molecule has 0 bridgehead atoms. The zero-order valence-corrected chi connectivity index (χ0v) is 15.4. The van der Waals surface area contributed by atoms with Gasteiger partial charge in [-0.05, 0) is 36.4 Å². The molecule has 28 heavy (non-hydrogen) atoms. The summed E-state index contributed by atoms with van der Waals surface area (Å²) in [6, 6.07) is 8.55. The molecule has 10 heteroatoms. The molecule has 1 unspecified atom stereocenters. The second kappa shape index (κ2) is 8.41. The number of benzene rings is 2. The van der Waals surface area contributed by atoms with E-state index in [2.05, 4.69) is 15.5 Å². The molecule has 0 saturated carbocycles. The number of rotatable bonds is 6. The number of likely N-dealkylation sites (N-methyl/N-ethyl adjacent to an activating group) is 1. The third-order valence-electron chi connectivity index (χ3n) is 3.78. The quantitative estimate of drug-likeness (QED) is 0.611. The monoisotopic (exact) mass is 411 g/mol. The largest absolute Gasteiger partial charge is 0.415 e. The minimum absolute atomic E-state index is 0.0862. The average molecular weight is 412 g/mol. The summed E-state index contributed by atoms with van der Waals surface area (Å²) in [5.74, 6) is -4.39. The summed E-state index contributed by atoms with van der Waals surface area (Å²) in [6.45, 7) is 0.144. The van der Waals surface area contributed by atoms with Crippen molar-refractivity contribution in [1.82, 2.24) is 10.2 Å². The van der Waals surface area contributed by atoms with Crippen LogP contribution in [0.25, 0.3) is 11.5 Å². The van der Waals surface area contributed by atoms with Crippen molar-refractivity contribution < 1.29 is 27.3 Å². The highest BCUT2D eigenvalue weighted by atomic mass is 35.5. The van der Waals surface area contributed by atoms with Crippen molar-refractivity contribution in [2.45, 2.75) is 6.54 Å². The van der Waals surface area contributed by atoms with Crippen LogP contribution in [0.3, 0.4) is 0 Å². The number of carbonyl (C=O) groups is 1. The first kappa shape index (κ1) is 19.8. The normalized spacial score (nSPS) is 12.0. The van der Waals surface area contributed by atoms with Gasteiger partial charge in [0.2, 0.25) is 5.89 Å². The zero-order chi connectivity index (χ0) is 20.3. The van der Waals surface area contributed by atoms with Gasteiger partial charge in [0.15, 0.2) is 30.5 Å². The summed E-state index contributed by atoms with van der Waals surface area (Å²) in [6.07, 6.45) is 0. The summed E-state index contributed by atoms with van der Waals surface area (Å²) in [5, 5.41) is 10.7. The maximum atomic E-state index is 13.6. The molecule has 0 fully saturated rings. The summed E-state index contributed by atoms with van der Waals surface area (Å²) >= 11 is 5.84.